The van der Waals surface area contributed by atoms with Crippen LogP contribution >= 0.6 is 0 Å². The van der Waals surface area contributed by atoms with E-state index in [1.807, 2.05) is 13.8 Å². The number of carbonyl (C=O) groups excluding carboxylic acids is 2. The standard InChI is InChI=1S/C10H16O4S.C6H11NO2/c1-9(2)7-3-4-10(9,8(11)5-7)6-15(12,13)14;1-5(2)6(8)9-4-3-7/h7H,3-6H2,1-2H3,(H,12,13,14);1,3-4,7H2,2H3. The summed E-state index contributed by atoms with van der Waals surface area (Å²) in [5.41, 5.74) is 4.36. The van der Waals surface area contributed by atoms with Gasteiger partial charge < -0.3 is 10.5 Å². The summed E-state index contributed by atoms with van der Waals surface area (Å²) in [6, 6.07) is 0. The van der Waals surface area contributed by atoms with Crippen molar-refractivity contribution in [2.75, 3.05) is 18.9 Å². The van der Waals surface area contributed by atoms with Crippen LogP contribution in [0.15, 0.2) is 12.2 Å². The van der Waals surface area contributed by atoms with Crippen LogP contribution < -0.4 is 5.73 Å². The molecule has 2 fully saturated rings. The Morgan fingerprint density at radius 2 is 2.04 bits per heavy atom. The molecule has 138 valence electrons. The lowest BCUT2D eigenvalue weighted by Crippen LogP contribution is -2.42. The number of rotatable bonds is 5. The fourth-order valence-electron chi connectivity index (χ4n) is 3.69. The number of ether oxygens (including phenoxy) is 1. The number of Topliss-reactive ketones (excluding diaryl/α,β-unsaturated/α-hetero) is 1. The Morgan fingerprint density at radius 3 is 2.38 bits per heavy atom. The molecule has 8 heteroatoms. The monoisotopic (exact) mass is 361 g/mol. The zero-order valence-electron chi connectivity index (χ0n) is 14.5. The van der Waals surface area contributed by atoms with Crippen molar-refractivity contribution < 1.29 is 27.3 Å². The molecule has 0 aromatic heterocycles. The number of hydrogen-bond donors (Lipinski definition) is 2. The van der Waals surface area contributed by atoms with Crippen molar-refractivity contribution in [2.24, 2.45) is 22.5 Å². The second kappa shape index (κ2) is 7.33. The van der Waals surface area contributed by atoms with Gasteiger partial charge in [0.25, 0.3) is 10.1 Å². The predicted molar refractivity (Wildman–Crippen MR) is 89.8 cm³/mol. The zero-order valence-corrected chi connectivity index (χ0v) is 15.3. The van der Waals surface area contributed by atoms with Gasteiger partial charge in [0.2, 0.25) is 0 Å². The summed E-state index contributed by atoms with van der Waals surface area (Å²) in [5.74, 6) is -0.476. The van der Waals surface area contributed by atoms with E-state index in [4.69, 9.17) is 10.3 Å². The molecular weight excluding hydrogens is 334 g/mol. The number of nitrogens with two attached hydrogens (primary N) is 1. The molecule has 2 bridgehead atoms. The molecule has 2 aliphatic rings. The van der Waals surface area contributed by atoms with Gasteiger partial charge in [-0.05, 0) is 31.1 Å². The number of fused-ring (bicyclic) bond motifs is 2. The van der Waals surface area contributed by atoms with Crippen molar-refractivity contribution in [3.63, 3.8) is 0 Å². The lowest BCUT2D eigenvalue weighted by Gasteiger charge is -2.35. The Labute approximate surface area is 143 Å². The molecule has 7 nitrogen and oxygen atoms in total. The molecule has 0 amide bonds. The van der Waals surface area contributed by atoms with Gasteiger partial charge in [-0.25, -0.2) is 4.79 Å². The van der Waals surface area contributed by atoms with E-state index in [9.17, 15) is 18.0 Å². The molecule has 0 spiro atoms. The molecule has 3 N–H and O–H groups in total. The highest BCUT2D eigenvalue weighted by Crippen LogP contribution is 2.64. The zero-order chi connectivity index (χ0) is 18.8. The van der Waals surface area contributed by atoms with Gasteiger partial charge in [-0.15, -0.1) is 0 Å². The summed E-state index contributed by atoms with van der Waals surface area (Å²) >= 11 is 0. The predicted octanol–water partition coefficient (Wildman–Crippen LogP) is 1.33. The van der Waals surface area contributed by atoms with Gasteiger partial charge in [-0.1, -0.05) is 20.4 Å². The lowest BCUT2D eigenvalue weighted by molar-refractivity contribution is -0.138. The van der Waals surface area contributed by atoms with Gasteiger partial charge in [0, 0.05) is 18.5 Å². The molecule has 2 rings (SSSR count). The van der Waals surface area contributed by atoms with Crippen LogP contribution in [-0.2, 0) is 24.4 Å². The first-order valence-corrected chi connectivity index (χ1v) is 9.49. The van der Waals surface area contributed by atoms with Crippen molar-refractivity contribution in [2.45, 2.75) is 40.0 Å². The Bertz CT molecular complexity index is 624. The van der Waals surface area contributed by atoms with E-state index in [0.29, 0.717) is 25.0 Å². The minimum atomic E-state index is -4.08. The highest BCUT2D eigenvalue weighted by atomic mass is 32.2. The largest absolute Gasteiger partial charge is 0.461 e. The van der Waals surface area contributed by atoms with Gasteiger partial charge in [-0.3, -0.25) is 9.35 Å². The Kier molecular flexibility index (Phi) is 6.35. The number of hydrogen-bond acceptors (Lipinski definition) is 6. The minimum absolute atomic E-state index is 0.0152. The van der Waals surface area contributed by atoms with Crippen molar-refractivity contribution in [3.05, 3.63) is 12.2 Å². The normalized spacial score (nSPS) is 27.4. The summed E-state index contributed by atoms with van der Waals surface area (Å²) < 4.78 is 35.6. The Balaban J connectivity index is 0.000000277. The molecule has 0 heterocycles. The highest BCUT2D eigenvalue weighted by Gasteiger charge is 2.65. The van der Waals surface area contributed by atoms with Crippen LogP contribution in [0.3, 0.4) is 0 Å². The van der Waals surface area contributed by atoms with E-state index < -0.39 is 21.3 Å². The molecule has 24 heavy (non-hydrogen) atoms. The molecule has 2 unspecified atom stereocenters. The second-order valence-electron chi connectivity index (χ2n) is 7.10. The fraction of sp³-hybridized carbons (Fsp3) is 0.750. The smallest absolute Gasteiger partial charge is 0.333 e. The molecule has 0 aromatic carbocycles. The van der Waals surface area contributed by atoms with Gasteiger partial charge in [0.05, 0.1) is 11.2 Å². The molecule has 2 saturated carbocycles. The Morgan fingerprint density at radius 1 is 1.46 bits per heavy atom. The van der Waals surface area contributed by atoms with Crippen molar-refractivity contribution >= 4 is 21.9 Å². The molecule has 0 radical (unpaired) electrons. The van der Waals surface area contributed by atoms with Crippen molar-refractivity contribution in [1.82, 2.24) is 0 Å². The maximum atomic E-state index is 11.9. The average molecular weight is 361 g/mol. The first kappa shape index (κ1) is 20.8. The van der Waals surface area contributed by atoms with Crippen LogP contribution in [-0.4, -0.2) is 43.6 Å². The topological polar surface area (TPSA) is 124 Å². The summed E-state index contributed by atoms with van der Waals surface area (Å²) in [5, 5.41) is 0. The highest BCUT2D eigenvalue weighted by molar-refractivity contribution is 7.85. The average Bonchev–Trinajstić information content (AvgIpc) is 2.77. The van der Waals surface area contributed by atoms with E-state index in [2.05, 4.69) is 11.3 Å². The van der Waals surface area contributed by atoms with Crippen LogP contribution in [0.1, 0.15) is 40.0 Å². The molecule has 0 saturated heterocycles. The van der Waals surface area contributed by atoms with Crippen LogP contribution in [0.4, 0.5) is 0 Å². The summed E-state index contributed by atoms with van der Waals surface area (Å²) in [6.45, 7) is 9.51. The van der Waals surface area contributed by atoms with Gasteiger partial charge in [0.15, 0.2) is 0 Å². The molecule has 2 atom stereocenters. The third-order valence-electron chi connectivity index (χ3n) is 5.27. The quantitative estimate of drug-likeness (QED) is 0.430. The van der Waals surface area contributed by atoms with Crippen molar-refractivity contribution in [3.8, 4) is 0 Å². The first-order chi connectivity index (χ1) is 10.9. The van der Waals surface area contributed by atoms with Gasteiger partial charge in [-0.2, -0.15) is 8.42 Å². The molecule has 2 aliphatic carbocycles. The summed E-state index contributed by atoms with van der Waals surface area (Å²) in [4.78, 5) is 22.4. The maximum Gasteiger partial charge on any atom is 0.333 e. The number of carbonyl (C=O) groups is 2. The third kappa shape index (κ3) is 4.23. The van der Waals surface area contributed by atoms with E-state index in [0.717, 1.165) is 6.42 Å². The van der Waals surface area contributed by atoms with E-state index in [1.165, 1.54) is 0 Å². The fourth-order valence-corrected chi connectivity index (χ4v) is 4.99. The lowest BCUT2D eigenvalue weighted by atomic mass is 9.70. The summed E-state index contributed by atoms with van der Waals surface area (Å²) in [7, 11) is -4.08. The van der Waals surface area contributed by atoms with E-state index in [1.54, 1.807) is 6.92 Å². The van der Waals surface area contributed by atoms with Gasteiger partial charge >= 0.3 is 5.97 Å². The van der Waals surface area contributed by atoms with Crippen LogP contribution in [0.25, 0.3) is 0 Å². The first-order valence-electron chi connectivity index (χ1n) is 7.88. The van der Waals surface area contributed by atoms with Gasteiger partial charge in [0.1, 0.15) is 12.4 Å². The number of esters is 1. The second-order valence-corrected chi connectivity index (χ2v) is 8.55. The maximum absolute atomic E-state index is 11.9. The van der Waals surface area contributed by atoms with Crippen LogP contribution in [0.2, 0.25) is 0 Å². The Hall–Kier alpha value is -1.25. The molecule has 0 aromatic rings. The SMILES string of the molecule is C=C(C)C(=O)OCCN.CC1(C)C2CCC1(CS(=O)(=O)O)C(=O)C2. The third-order valence-corrected chi connectivity index (χ3v) is 6.13. The van der Waals surface area contributed by atoms with E-state index in [-0.39, 0.29) is 29.7 Å². The van der Waals surface area contributed by atoms with E-state index >= 15 is 0 Å². The summed E-state index contributed by atoms with van der Waals surface area (Å²) in [6.07, 6.45) is 1.97. The number of ketones is 1. The molecule has 0 aliphatic heterocycles. The van der Waals surface area contributed by atoms with Crippen LogP contribution in [0, 0.1) is 16.7 Å². The minimum Gasteiger partial charge on any atom is -0.461 e. The van der Waals surface area contributed by atoms with Crippen molar-refractivity contribution in [1.29, 1.82) is 0 Å². The molecular formula is C16H27NO6S. The van der Waals surface area contributed by atoms with Crippen LogP contribution in [0.5, 0.6) is 0 Å².